The summed E-state index contributed by atoms with van der Waals surface area (Å²) >= 11 is 0. The second-order valence-corrected chi connectivity index (χ2v) is 4.73. The minimum absolute atomic E-state index is 0.0114. The van der Waals surface area contributed by atoms with Crippen LogP contribution in [-0.2, 0) is 9.53 Å². The second-order valence-electron chi connectivity index (χ2n) is 4.73. The van der Waals surface area contributed by atoms with Gasteiger partial charge in [-0.3, -0.25) is 9.69 Å². The minimum atomic E-state index is -0.236. The Morgan fingerprint density at radius 2 is 1.93 bits per heavy atom. The first-order chi connectivity index (χ1) is 6.36. The molecule has 0 aliphatic carbocycles. The fourth-order valence-electron chi connectivity index (χ4n) is 2.13. The Balaban J connectivity index is 2.40. The van der Waals surface area contributed by atoms with E-state index in [1.807, 2.05) is 20.8 Å². The maximum absolute atomic E-state index is 11.6. The zero-order valence-corrected chi connectivity index (χ0v) is 9.42. The summed E-state index contributed by atoms with van der Waals surface area (Å²) in [5, 5.41) is 0. The normalized spacial score (nSPS) is 35.5. The van der Waals surface area contributed by atoms with Crippen LogP contribution in [0, 0.1) is 5.92 Å². The van der Waals surface area contributed by atoms with Gasteiger partial charge in [0, 0.05) is 5.70 Å². The van der Waals surface area contributed by atoms with E-state index in [0.717, 1.165) is 11.3 Å². The van der Waals surface area contributed by atoms with Crippen molar-refractivity contribution in [3.8, 4) is 0 Å². The lowest BCUT2D eigenvalue weighted by Gasteiger charge is -2.53. The molecule has 2 heterocycles. The molecule has 0 bridgehead atoms. The SMILES string of the molecule is CC1=C(C)C(C)(C)OC2C(C)C(=O)N12. The number of carbonyl (C=O) groups is 1. The smallest absolute Gasteiger partial charge is 0.236 e. The lowest BCUT2D eigenvalue weighted by Crippen LogP contribution is -2.64. The number of rotatable bonds is 0. The van der Waals surface area contributed by atoms with Gasteiger partial charge < -0.3 is 4.74 Å². The first kappa shape index (κ1) is 9.71. The third-order valence-electron chi connectivity index (χ3n) is 3.53. The fraction of sp³-hybridized carbons (Fsp3) is 0.727. The number of allylic oxidation sites excluding steroid dienone is 1. The van der Waals surface area contributed by atoms with E-state index < -0.39 is 0 Å². The Kier molecular flexibility index (Phi) is 1.80. The third kappa shape index (κ3) is 0.989. The van der Waals surface area contributed by atoms with Gasteiger partial charge in [0.2, 0.25) is 5.91 Å². The fourth-order valence-corrected chi connectivity index (χ4v) is 2.13. The van der Waals surface area contributed by atoms with Crippen molar-refractivity contribution in [2.75, 3.05) is 0 Å². The first-order valence-electron chi connectivity index (χ1n) is 5.05. The van der Waals surface area contributed by atoms with Crippen LogP contribution >= 0.6 is 0 Å². The molecular weight excluding hydrogens is 178 g/mol. The highest BCUT2D eigenvalue weighted by molar-refractivity contribution is 5.87. The van der Waals surface area contributed by atoms with Gasteiger partial charge in [-0.15, -0.1) is 0 Å². The summed E-state index contributed by atoms with van der Waals surface area (Å²) in [7, 11) is 0. The number of hydrogen-bond donors (Lipinski definition) is 0. The summed E-state index contributed by atoms with van der Waals surface area (Å²) in [5.41, 5.74) is 1.98. The van der Waals surface area contributed by atoms with Crippen molar-refractivity contribution in [2.24, 2.45) is 5.92 Å². The highest BCUT2D eigenvalue weighted by Gasteiger charge is 2.52. The molecule has 2 aliphatic heterocycles. The van der Waals surface area contributed by atoms with Crippen molar-refractivity contribution in [1.29, 1.82) is 0 Å². The largest absolute Gasteiger partial charge is 0.347 e. The summed E-state index contributed by atoms with van der Waals surface area (Å²) < 4.78 is 5.89. The number of carbonyl (C=O) groups excluding carboxylic acids is 1. The molecule has 2 rings (SSSR count). The summed E-state index contributed by atoms with van der Waals surface area (Å²) in [4.78, 5) is 13.3. The Labute approximate surface area is 84.7 Å². The van der Waals surface area contributed by atoms with Crippen LogP contribution in [0.3, 0.4) is 0 Å². The molecule has 1 fully saturated rings. The molecule has 0 aromatic carbocycles. The van der Waals surface area contributed by atoms with E-state index in [2.05, 4.69) is 13.8 Å². The summed E-state index contributed by atoms with van der Waals surface area (Å²) in [6, 6.07) is 0. The number of fused-ring (bicyclic) bond motifs is 1. The van der Waals surface area contributed by atoms with E-state index in [1.165, 1.54) is 0 Å². The van der Waals surface area contributed by atoms with Gasteiger partial charge >= 0.3 is 0 Å². The van der Waals surface area contributed by atoms with Crippen molar-refractivity contribution >= 4 is 5.91 Å². The average molecular weight is 195 g/mol. The number of amides is 1. The van der Waals surface area contributed by atoms with Crippen LogP contribution in [0.5, 0.6) is 0 Å². The van der Waals surface area contributed by atoms with Crippen molar-refractivity contribution < 1.29 is 9.53 Å². The van der Waals surface area contributed by atoms with Gasteiger partial charge in [-0.2, -0.15) is 0 Å². The molecule has 1 amide bonds. The molecule has 0 saturated carbocycles. The molecule has 3 nitrogen and oxygen atoms in total. The van der Waals surface area contributed by atoms with E-state index in [4.69, 9.17) is 4.74 Å². The Morgan fingerprint density at radius 1 is 1.36 bits per heavy atom. The molecule has 2 unspecified atom stereocenters. The number of ether oxygens (including phenoxy) is 1. The molecule has 0 spiro atoms. The van der Waals surface area contributed by atoms with Crippen molar-refractivity contribution in [3.63, 3.8) is 0 Å². The molecule has 14 heavy (non-hydrogen) atoms. The lowest BCUT2D eigenvalue weighted by atomic mass is 9.88. The predicted octanol–water partition coefficient (Wildman–Crippen LogP) is 1.89. The van der Waals surface area contributed by atoms with E-state index >= 15 is 0 Å². The predicted molar refractivity (Wildman–Crippen MR) is 53.3 cm³/mol. The molecule has 0 aromatic rings. The van der Waals surface area contributed by atoms with E-state index in [9.17, 15) is 4.79 Å². The number of β-lactam (4-membered cyclic amide) rings is 1. The van der Waals surface area contributed by atoms with Crippen LogP contribution in [0.4, 0.5) is 0 Å². The van der Waals surface area contributed by atoms with Crippen LogP contribution < -0.4 is 0 Å². The molecule has 78 valence electrons. The van der Waals surface area contributed by atoms with Gasteiger partial charge in [0.15, 0.2) is 0 Å². The standard InChI is InChI=1S/C11H17NO2/c1-6-9(13)12-8(3)7(2)11(4,5)14-10(6)12/h6,10H,1-5H3. The highest BCUT2D eigenvalue weighted by Crippen LogP contribution is 2.42. The van der Waals surface area contributed by atoms with E-state index in [1.54, 1.807) is 4.90 Å². The van der Waals surface area contributed by atoms with Gasteiger partial charge in [0.05, 0.1) is 11.5 Å². The Hall–Kier alpha value is -0.830. The molecule has 1 saturated heterocycles. The van der Waals surface area contributed by atoms with Gasteiger partial charge in [-0.1, -0.05) is 0 Å². The average Bonchev–Trinajstić information content (AvgIpc) is 2.13. The molecule has 0 aromatic heterocycles. The lowest BCUT2D eigenvalue weighted by molar-refractivity contribution is -0.212. The quantitative estimate of drug-likeness (QED) is 0.552. The number of nitrogens with zero attached hydrogens (tertiary/aromatic N) is 1. The monoisotopic (exact) mass is 195 g/mol. The zero-order valence-electron chi connectivity index (χ0n) is 9.42. The van der Waals surface area contributed by atoms with Crippen LogP contribution in [0.25, 0.3) is 0 Å². The molecular formula is C11H17NO2. The molecule has 3 heteroatoms. The van der Waals surface area contributed by atoms with Gasteiger partial charge in [-0.05, 0) is 40.2 Å². The van der Waals surface area contributed by atoms with Crippen molar-refractivity contribution in [1.82, 2.24) is 4.90 Å². The highest BCUT2D eigenvalue weighted by atomic mass is 16.5. The summed E-state index contributed by atoms with van der Waals surface area (Å²) in [5.74, 6) is 0.194. The zero-order chi connectivity index (χ0) is 10.7. The van der Waals surface area contributed by atoms with Crippen LogP contribution in [0.2, 0.25) is 0 Å². The van der Waals surface area contributed by atoms with E-state index in [-0.39, 0.29) is 23.7 Å². The topological polar surface area (TPSA) is 29.5 Å². The molecule has 0 N–H and O–H groups in total. The third-order valence-corrected chi connectivity index (χ3v) is 3.53. The van der Waals surface area contributed by atoms with Crippen LogP contribution in [0.15, 0.2) is 11.3 Å². The molecule has 2 aliphatic rings. The molecule has 0 radical (unpaired) electrons. The van der Waals surface area contributed by atoms with Crippen LogP contribution in [-0.4, -0.2) is 22.6 Å². The van der Waals surface area contributed by atoms with E-state index in [0.29, 0.717) is 0 Å². The Morgan fingerprint density at radius 3 is 2.50 bits per heavy atom. The Bertz CT molecular complexity index is 330. The second kappa shape index (κ2) is 2.60. The minimum Gasteiger partial charge on any atom is -0.347 e. The number of hydrogen-bond acceptors (Lipinski definition) is 2. The maximum atomic E-state index is 11.6. The first-order valence-corrected chi connectivity index (χ1v) is 5.05. The van der Waals surface area contributed by atoms with Gasteiger partial charge in [-0.25, -0.2) is 0 Å². The summed E-state index contributed by atoms with van der Waals surface area (Å²) in [6.07, 6.45) is -0.0406. The van der Waals surface area contributed by atoms with Crippen molar-refractivity contribution in [3.05, 3.63) is 11.3 Å². The molecule has 2 atom stereocenters. The van der Waals surface area contributed by atoms with Gasteiger partial charge in [0.1, 0.15) is 6.23 Å². The maximum Gasteiger partial charge on any atom is 0.236 e. The van der Waals surface area contributed by atoms with Crippen molar-refractivity contribution in [2.45, 2.75) is 46.4 Å². The van der Waals surface area contributed by atoms with Crippen LogP contribution in [0.1, 0.15) is 34.6 Å². The van der Waals surface area contributed by atoms with Gasteiger partial charge in [0.25, 0.3) is 0 Å². The summed E-state index contributed by atoms with van der Waals surface area (Å²) in [6.45, 7) is 10.1.